The largest absolute Gasteiger partial charge is 0.486 e. The molecule has 0 unspecified atom stereocenters. The molecule has 1 N–H and O–H groups in total. The quantitative estimate of drug-likeness (QED) is 0.663. The normalized spacial score (nSPS) is 10.2. The van der Waals surface area contributed by atoms with Crippen LogP contribution in [0.2, 0.25) is 0 Å². The number of rotatable bonds is 1. The van der Waals surface area contributed by atoms with E-state index in [0.717, 1.165) is 10.2 Å². The highest BCUT2D eigenvalue weighted by Crippen LogP contribution is 2.01. The van der Waals surface area contributed by atoms with E-state index in [-0.39, 0.29) is 11.5 Å². The van der Waals surface area contributed by atoms with Gasteiger partial charge in [0, 0.05) is 0 Å². The Kier molecular flexibility index (Phi) is 2.21. The predicted octanol–water partition coefficient (Wildman–Crippen LogP) is 0.000690. The third-order valence-corrected chi connectivity index (χ3v) is 1.97. The van der Waals surface area contributed by atoms with E-state index in [1.165, 1.54) is 6.20 Å². The number of aromatic nitrogens is 2. The summed E-state index contributed by atoms with van der Waals surface area (Å²) in [6, 6.07) is 7.11. The zero-order chi connectivity index (χ0) is 10.8. The minimum atomic E-state index is -0.308. The van der Waals surface area contributed by atoms with Gasteiger partial charge in [0.05, 0.1) is 5.56 Å². The lowest BCUT2D eigenvalue weighted by Gasteiger charge is -1.96. The molecule has 0 atom stereocenters. The topological polar surface area (TPSA) is 72.0 Å². The first kappa shape index (κ1) is 9.39. The summed E-state index contributed by atoms with van der Waals surface area (Å²) >= 11 is 0. The lowest BCUT2D eigenvalue weighted by atomic mass is 10.1. The molecule has 76 valence electrons. The Balaban J connectivity index is 2.36. The van der Waals surface area contributed by atoms with Crippen molar-refractivity contribution in [2.24, 2.45) is 0 Å². The molecule has 2 aromatic rings. The lowest BCUT2D eigenvalue weighted by Crippen LogP contribution is -2.45. The number of carbonyl (C=O) groups excluding carboxylic acids is 1. The van der Waals surface area contributed by atoms with Crippen LogP contribution in [0.5, 0.6) is 0 Å². The van der Waals surface area contributed by atoms with Crippen LogP contribution in [0.25, 0.3) is 0 Å². The van der Waals surface area contributed by atoms with Crippen LogP contribution < -0.4 is 15.5 Å². The summed E-state index contributed by atoms with van der Waals surface area (Å²) < 4.78 is 5.50. The van der Waals surface area contributed by atoms with Gasteiger partial charge in [0.2, 0.25) is 6.20 Å². The zero-order valence-electron chi connectivity index (χ0n) is 8.10. The molecule has 15 heavy (non-hydrogen) atoms. The van der Waals surface area contributed by atoms with Gasteiger partial charge in [0.25, 0.3) is 5.55 Å². The molecule has 0 aliphatic carbocycles. The van der Waals surface area contributed by atoms with E-state index in [2.05, 4.69) is 9.79 Å². The fourth-order valence-corrected chi connectivity index (χ4v) is 1.17. The van der Waals surface area contributed by atoms with Crippen molar-refractivity contribution in [2.45, 2.75) is 6.92 Å². The summed E-state index contributed by atoms with van der Waals surface area (Å²) in [5.74, 6) is -0.308. The summed E-state index contributed by atoms with van der Waals surface area (Å²) in [6.45, 7) is 1.94. The molecule has 2 rings (SSSR count). The average molecular weight is 203 g/mol. The monoisotopic (exact) mass is 203 g/mol. The first-order valence-corrected chi connectivity index (χ1v) is 4.38. The van der Waals surface area contributed by atoms with E-state index < -0.39 is 0 Å². The van der Waals surface area contributed by atoms with Crippen LogP contribution in [0.15, 0.2) is 35.0 Å². The molecule has 0 aliphatic heterocycles. The molecule has 1 aromatic heterocycles. The molecule has 0 aliphatic rings. The Bertz CT molecular complexity index is 536. The predicted molar refractivity (Wildman–Crippen MR) is 49.0 cm³/mol. The molecule has 5 heteroatoms. The average Bonchev–Trinajstić information content (AvgIpc) is 2.65. The highest BCUT2D eigenvalue weighted by Gasteiger charge is 2.13. The summed E-state index contributed by atoms with van der Waals surface area (Å²) in [5.41, 5.74) is 1.45. The molecule has 0 radical (unpaired) electrons. The Morgan fingerprint density at radius 2 is 2.07 bits per heavy atom. The first-order chi connectivity index (χ1) is 7.16. The highest BCUT2D eigenvalue weighted by atomic mass is 16.5. The van der Waals surface area contributed by atoms with Crippen LogP contribution in [0.4, 0.5) is 0 Å². The molecule has 0 saturated carbocycles. The van der Waals surface area contributed by atoms with Gasteiger partial charge in [-0.1, -0.05) is 17.7 Å². The number of benzene rings is 1. The molecule has 1 heterocycles. The van der Waals surface area contributed by atoms with Crippen molar-refractivity contribution in [1.29, 1.82) is 5.41 Å². The maximum absolute atomic E-state index is 11.7. The van der Waals surface area contributed by atoms with Gasteiger partial charge in [0.15, 0.2) is 0 Å². The lowest BCUT2D eigenvalue weighted by molar-refractivity contribution is -0.651. The zero-order valence-corrected chi connectivity index (χ0v) is 8.10. The van der Waals surface area contributed by atoms with Crippen molar-refractivity contribution < 1.29 is 14.0 Å². The fraction of sp³-hybridized carbons (Fsp3) is 0.100. The van der Waals surface area contributed by atoms with E-state index in [0.29, 0.717) is 5.56 Å². The first-order valence-electron chi connectivity index (χ1n) is 4.38. The highest BCUT2D eigenvalue weighted by molar-refractivity contribution is 5.86. The van der Waals surface area contributed by atoms with E-state index >= 15 is 0 Å². The van der Waals surface area contributed by atoms with Crippen LogP contribution in [0.1, 0.15) is 15.9 Å². The number of nitrogens with zero attached hydrogens (tertiary/aromatic N) is 2. The van der Waals surface area contributed by atoms with Gasteiger partial charge >= 0.3 is 5.91 Å². The second-order valence-corrected chi connectivity index (χ2v) is 3.18. The molecule has 0 fully saturated rings. The maximum Gasteiger partial charge on any atom is 0.417 e. The van der Waals surface area contributed by atoms with Crippen LogP contribution in [-0.4, -0.2) is 5.91 Å². The third kappa shape index (κ3) is 1.85. The Morgan fingerprint density at radius 3 is 2.60 bits per heavy atom. The van der Waals surface area contributed by atoms with Gasteiger partial charge in [-0.05, 0) is 19.1 Å². The number of aryl methyl sites for hydroxylation is 1. The molecule has 0 spiro atoms. The van der Waals surface area contributed by atoms with Crippen LogP contribution >= 0.6 is 0 Å². The van der Waals surface area contributed by atoms with Gasteiger partial charge in [0.1, 0.15) is 0 Å². The number of hydrogen-bond donors (Lipinski definition) is 1. The van der Waals surface area contributed by atoms with E-state index in [1.807, 2.05) is 19.1 Å². The summed E-state index contributed by atoms with van der Waals surface area (Å²) in [5, 5.41) is 10.5. The summed E-state index contributed by atoms with van der Waals surface area (Å²) in [7, 11) is 0. The molecule has 5 nitrogen and oxygen atoms in total. The van der Waals surface area contributed by atoms with Crippen LogP contribution in [0.3, 0.4) is 0 Å². The van der Waals surface area contributed by atoms with Crippen LogP contribution in [0, 0.1) is 12.3 Å². The summed E-state index contributed by atoms with van der Waals surface area (Å²) in [4.78, 5) is 11.7. The van der Waals surface area contributed by atoms with E-state index in [4.69, 9.17) is 5.41 Å². The van der Waals surface area contributed by atoms with Crippen molar-refractivity contribution in [3.8, 4) is 0 Å². The Labute approximate surface area is 85.4 Å². The molecule has 0 bridgehead atoms. The van der Waals surface area contributed by atoms with Gasteiger partial charge in [-0.2, -0.15) is 4.68 Å². The van der Waals surface area contributed by atoms with Gasteiger partial charge < -0.3 is 4.52 Å². The van der Waals surface area contributed by atoms with Crippen molar-refractivity contribution in [3.05, 3.63) is 47.1 Å². The van der Waals surface area contributed by atoms with Crippen molar-refractivity contribution >= 4 is 5.91 Å². The fourth-order valence-electron chi connectivity index (χ4n) is 1.17. The standard InChI is InChI=1S/C10H9N3O2/c1-7-2-4-8(5-3-7)10(14)13-6-9(11)15-12-13/h2-6,11H,1H3. The minimum absolute atomic E-state index is 0.143. The van der Waals surface area contributed by atoms with E-state index in [9.17, 15) is 4.79 Å². The Hall–Kier alpha value is -2.17. The van der Waals surface area contributed by atoms with Crippen molar-refractivity contribution in [1.82, 2.24) is 5.27 Å². The Morgan fingerprint density at radius 1 is 1.40 bits per heavy atom. The second kappa shape index (κ2) is 3.53. The van der Waals surface area contributed by atoms with Crippen LogP contribution in [-0.2, 0) is 0 Å². The van der Waals surface area contributed by atoms with Gasteiger partial charge in [-0.3, -0.25) is 5.41 Å². The molecular weight excluding hydrogens is 194 g/mol. The third-order valence-electron chi connectivity index (χ3n) is 1.97. The van der Waals surface area contributed by atoms with Crippen molar-refractivity contribution in [3.63, 3.8) is 0 Å². The molecule has 0 amide bonds. The maximum atomic E-state index is 11.7. The number of carbonyl (C=O) groups is 1. The molecule has 0 saturated heterocycles. The number of hydrogen-bond acceptors (Lipinski definition) is 3. The smallest absolute Gasteiger partial charge is 0.417 e. The molecule has 1 aromatic carbocycles. The minimum Gasteiger partial charge on any atom is -0.486 e. The van der Waals surface area contributed by atoms with Crippen molar-refractivity contribution in [2.75, 3.05) is 0 Å². The molecular formula is C10H9N3O2. The van der Waals surface area contributed by atoms with E-state index in [1.54, 1.807) is 12.1 Å². The SMILES string of the molecule is Cc1ccc(C(=O)[n+]2cc(=N)o[n-]2)cc1. The van der Waals surface area contributed by atoms with Gasteiger partial charge in [-0.25, -0.2) is 10.1 Å². The summed E-state index contributed by atoms with van der Waals surface area (Å²) in [6.07, 6.45) is 1.22. The van der Waals surface area contributed by atoms with Gasteiger partial charge in [-0.15, -0.1) is 0 Å². The second-order valence-electron chi connectivity index (χ2n) is 3.18. The number of nitrogens with one attached hydrogen (secondary N) is 1.